The average Bonchev–Trinajstić information content (AvgIpc) is 3.17. The predicted octanol–water partition coefficient (Wildman–Crippen LogP) is 3.56. The second-order valence-corrected chi connectivity index (χ2v) is 6.10. The SMILES string of the molecule is CCCC/C=C/C(C)(O)C1(OC2CCCCO2)CC1. The van der Waals surface area contributed by atoms with Crippen LogP contribution in [0.5, 0.6) is 0 Å². The van der Waals surface area contributed by atoms with Crippen LogP contribution in [0.3, 0.4) is 0 Å². The van der Waals surface area contributed by atoms with Gasteiger partial charge in [-0.05, 0) is 45.4 Å². The summed E-state index contributed by atoms with van der Waals surface area (Å²) in [5, 5.41) is 10.7. The molecule has 1 heterocycles. The monoisotopic (exact) mass is 268 g/mol. The predicted molar refractivity (Wildman–Crippen MR) is 75.9 cm³/mol. The molecule has 2 fully saturated rings. The summed E-state index contributed by atoms with van der Waals surface area (Å²) in [4.78, 5) is 0. The molecule has 0 aromatic heterocycles. The molecule has 0 radical (unpaired) electrons. The first-order chi connectivity index (χ1) is 9.10. The van der Waals surface area contributed by atoms with Gasteiger partial charge in [0.15, 0.2) is 6.29 Å². The number of unbranched alkanes of at least 4 members (excludes halogenated alkanes) is 2. The fraction of sp³-hybridized carbons (Fsp3) is 0.875. The van der Waals surface area contributed by atoms with E-state index in [-0.39, 0.29) is 6.29 Å². The maximum absolute atomic E-state index is 10.7. The van der Waals surface area contributed by atoms with Crippen molar-refractivity contribution in [3.8, 4) is 0 Å². The minimum Gasteiger partial charge on any atom is -0.383 e. The number of ether oxygens (including phenoxy) is 2. The van der Waals surface area contributed by atoms with Gasteiger partial charge >= 0.3 is 0 Å². The minimum atomic E-state index is -0.873. The third-order valence-electron chi connectivity index (χ3n) is 4.29. The van der Waals surface area contributed by atoms with Crippen LogP contribution >= 0.6 is 0 Å². The van der Waals surface area contributed by atoms with Gasteiger partial charge in [-0.15, -0.1) is 0 Å². The first kappa shape index (κ1) is 15.0. The van der Waals surface area contributed by atoms with Crippen molar-refractivity contribution in [2.45, 2.75) is 82.7 Å². The number of rotatable bonds is 7. The molecular formula is C16H28O3. The third kappa shape index (κ3) is 3.80. The lowest BCUT2D eigenvalue weighted by Crippen LogP contribution is -2.45. The van der Waals surface area contributed by atoms with Gasteiger partial charge in [-0.25, -0.2) is 0 Å². The third-order valence-corrected chi connectivity index (χ3v) is 4.29. The van der Waals surface area contributed by atoms with Crippen molar-refractivity contribution in [3.05, 3.63) is 12.2 Å². The molecule has 0 aromatic rings. The number of allylic oxidation sites excluding steroid dienone is 1. The Hall–Kier alpha value is -0.380. The molecule has 110 valence electrons. The Balaban J connectivity index is 1.88. The highest BCUT2D eigenvalue weighted by molar-refractivity contribution is 5.18. The highest BCUT2D eigenvalue weighted by Gasteiger charge is 2.57. The standard InChI is InChI=1S/C16H28O3/c1-3-4-5-7-10-15(2,17)16(11-12-16)19-14-9-6-8-13-18-14/h7,10,14,17H,3-6,8-9,11-13H2,1-2H3/b10-7+. The highest BCUT2D eigenvalue weighted by Crippen LogP contribution is 2.50. The summed E-state index contributed by atoms with van der Waals surface area (Å²) >= 11 is 0. The van der Waals surface area contributed by atoms with Crippen molar-refractivity contribution < 1.29 is 14.6 Å². The Morgan fingerprint density at radius 3 is 2.79 bits per heavy atom. The summed E-state index contributed by atoms with van der Waals surface area (Å²) in [6, 6.07) is 0. The quantitative estimate of drug-likeness (QED) is 0.567. The fourth-order valence-electron chi connectivity index (χ4n) is 2.70. The van der Waals surface area contributed by atoms with E-state index in [0.717, 1.165) is 45.1 Å². The van der Waals surface area contributed by atoms with Crippen LogP contribution in [0.4, 0.5) is 0 Å². The molecule has 2 unspecified atom stereocenters. The number of hydrogen-bond donors (Lipinski definition) is 1. The zero-order valence-corrected chi connectivity index (χ0v) is 12.4. The van der Waals surface area contributed by atoms with Crippen LogP contribution in [0.1, 0.15) is 65.2 Å². The van der Waals surface area contributed by atoms with E-state index in [4.69, 9.17) is 9.47 Å². The van der Waals surface area contributed by atoms with Gasteiger partial charge in [-0.1, -0.05) is 31.9 Å². The largest absolute Gasteiger partial charge is 0.383 e. The smallest absolute Gasteiger partial charge is 0.158 e. The van der Waals surface area contributed by atoms with Gasteiger partial charge in [0, 0.05) is 6.61 Å². The summed E-state index contributed by atoms with van der Waals surface area (Å²) in [6.45, 7) is 4.83. The molecule has 0 aromatic carbocycles. The van der Waals surface area contributed by atoms with Crippen LogP contribution in [0, 0.1) is 0 Å². The van der Waals surface area contributed by atoms with E-state index in [9.17, 15) is 5.11 Å². The van der Waals surface area contributed by atoms with Crippen LogP contribution < -0.4 is 0 Å². The van der Waals surface area contributed by atoms with Crippen LogP contribution in [0.2, 0.25) is 0 Å². The second-order valence-electron chi connectivity index (χ2n) is 6.10. The van der Waals surface area contributed by atoms with E-state index < -0.39 is 11.2 Å². The van der Waals surface area contributed by atoms with Crippen LogP contribution in [-0.4, -0.2) is 29.2 Å². The van der Waals surface area contributed by atoms with E-state index in [1.807, 2.05) is 13.0 Å². The van der Waals surface area contributed by atoms with Crippen LogP contribution in [0.15, 0.2) is 12.2 Å². The van der Waals surface area contributed by atoms with Gasteiger partial charge in [-0.3, -0.25) is 0 Å². The molecule has 1 aliphatic carbocycles. The van der Waals surface area contributed by atoms with Gasteiger partial charge in [0.1, 0.15) is 11.2 Å². The van der Waals surface area contributed by atoms with Crippen LogP contribution in [0.25, 0.3) is 0 Å². The Morgan fingerprint density at radius 1 is 1.42 bits per heavy atom. The van der Waals surface area contributed by atoms with Crippen molar-refractivity contribution in [1.29, 1.82) is 0 Å². The van der Waals surface area contributed by atoms with Crippen molar-refractivity contribution in [3.63, 3.8) is 0 Å². The normalized spacial score (nSPS) is 29.3. The zero-order valence-electron chi connectivity index (χ0n) is 12.4. The van der Waals surface area contributed by atoms with Gasteiger partial charge in [-0.2, -0.15) is 0 Å². The molecule has 2 atom stereocenters. The van der Waals surface area contributed by atoms with Crippen molar-refractivity contribution in [1.82, 2.24) is 0 Å². The second kappa shape index (κ2) is 6.38. The Labute approximate surface area is 117 Å². The molecule has 2 aliphatic rings. The molecular weight excluding hydrogens is 240 g/mol. The zero-order chi connectivity index (χ0) is 13.8. The lowest BCUT2D eigenvalue weighted by Gasteiger charge is -2.35. The molecule has 3 heteroatoms. The maximum atomic E-state index is 10.7. The molecule has 1 N–H and O–H groups in total. The average molecular weight is 268 g/mol. The molecule has 1 saturated heterocycles. The van der Waals surface area contributed by atoms with E-state index in [1.165, 1.54) is 12.8 Å². The summed E-state index contributed by atoms with van der Waals surface area (Å²) < 4.78 is 11.7. The summed E-state index contributed by atoms with van der Waals surface area (Å²) in [5.41, 5.74) is -1.28. The molecule has 3 nitrogen and oxygen atoms in total. The minimum absolute atomic E-state index is 0.119. The van der Waals surface area contributed by atoms with Gasteiger partial charge in [0.05, 0.1) is 0 Å². The number of hydrogen-bond acceptors (Lipinski definition) is 3. The van der Waals surface area contributed by atoms with Crippen molar-refractivity contribution in [2.24, 2.45) is 0 Å². The van der Waals surface area contributed by atoms with E-state index in [1.54, 1.807) is 0 Å². The molecule has 0 spiro atoms. The fourth-order valence-corrected chi connectivity index (χ4v) is 2.70. The number of aliphatic hydroxyl groups is 1. The van der Waals surface area contributed by atoms with Crippen molar-refractivity contribution in [2.75, 3.05) is 6.61 Å². The molecule has 0 bridgehead atoms. The summed E-state index contributed by atoms with van der Waals surface area (Å²) in [6.07, 6.45) is 12.4. The maximum Gasteiger partial charge on any atom is 0.158 e. The lowest BCUT2D eigenvalue weighted by atomic mass is 9.95. The van der Waals surface area contributed by atoms with E-state index in [0.29, 0.717) is 0 Å². The topological polar surface area (TPSA) is 38.7 Å². The first-order valence-corrected chi connectivity index (χ1v) is 7.79. The molecule has 0 amide bonds. The molecule has 1 aliphatic heterocycles. The summed E-state index contributed by atoms with van der Waals surface area (Å²) in [7, 11) is 0. The first-order valence-electron chi connectivity index (χ1n) is 7.79. The molecule has 1 saturated carbocycles. The van der Waals surface area contributed by atoms with Gasteiger partial charge < -0.3 is 14.6 Å². The van der Waals surface area contributed by atoms with Gasteiger partial charge in [0.25, 0.3) is 0 Å². The van der Waals surface area contributed by atoms with Crippen LogP contribution in [-0.2, 0) is 9.47 Å². The summed E-state index contributed by atoms with van der Waals surface area (Å²) in [5.74, 6) is 0. The van der Waals surface area contributed by atoms with Crippen molar-refractivity contribution >= 4 is 0 Å². The highest BCUT2D eigenvalue weighted by atomic mass is 16.7. The van der Waals surface area contributed by atoms with Gasteiger partial charge in [0.2, 0.25) is 0 Å². The van der Waals surface area contributed by atoms with E-state index in [2.05, 4.69) is 13.0 Å². The molecule has 2 rings (SSSR count). The molecule has 19 heavy (non-hydrogen) atoms. The Bertz CT molecular complexity index is 299. The Kier molecular flexibility index (Phi) is 5.04. The lowest BCUT2D eigenvalue weighted by molar-refractivity contribution is -0.228. The van der Waals surface area contributed by atoms with E-state index >= 15 is 0 Å². The Morgan fingerprint density at radius 2 is 2.21 bits per heavy atom.